The van der Waals surface area contributed by atoms with Crippen molar-refractivity contribution >= 4 is 32.5 Å². The van der Waals surface area contributed by atoms with Crippen molar-refractivity contribution in [3.05, 3.63) is 58.4 Å². The van der Waals surface area contributed by atoms with Crippen molar-refractivity contribution in [2.75, 3.05) is 6.61 Å². The molecule has 31 heavy (non-hydrogen) atoms. The molecule has 0 amide bonds. The molecule has 160 valence electrons. The van der Waals surface area contributed by atoms with Crippen LogP contribution in [-0.4, -0.2) is 26.5 Å². The van der Waals surface area contributed by atoms with E-state index in [9.17, 15) is 5.11 Å². The van der Waals surface area contributed by atoms with Gasteiger partial charge in [0, 0.05) is 46.1 Å². The highest BCUT2D eigenvalue weighted by molar-refractivity contribution is 7.19. The number of aromatic nitrogens is 3. The van der Waals surface area contributed by atoms with Crippen molar-refractivity contribution in [1.29, 1.82) is 0 Å². The highest BCUT2D eigenvalue weighted by Crippen LogP contribution is 2.46. The van der Waals surface area contributed by atoms with Gasteiger partial charge in [-0.15, -0.1) is 11.3 Å². The lowest BCUT2D eigenvalue weighted by Crippen LogP contribution is -2.12. The molecule has 1 unspecified atom stereocenters. The van der Waals surface area contributed by atoms with Crippen molar-refractivity contribution in [2.24, 2.45) is 7.05 Å². The van der Waals surface area contributed by atoms with Gasteiger partial charge in [-0.3, -0.25) is 4.68 Å². The molecule has 0 radical (unpaired) electrons. The number of benzene rings is 1. The smallest absolute Gasteiger partial charge is 0.141 e. The molecule has 3 heterocycles. The molecular weight excluding hydrogens is 406 g/mol. The fourth-order valence-corrected chi connectivity index (χ4v) is 6.17. The number of nitrogens with zero attached hydrogens (tertiary/aromatic N) is 3. The maximum Gasteiger partial charge on any atom is 0.141 e. The number of aliphatic hydroxyl groups excluding tert-OH is 1. The largest absolute Gasteiger partial charge is 0.510 e. The summed E-state index contributed by atoms with van der Waals surface area (Å²) in [7, 11) is 1.96. The number of rotatable bonds is 5. The van der Waals surface area contributed by atoms with E-state index in [2.05, 4.69) is 29.9 Å². The molecule has 0 spiro atoms. The van der Waals surface area contributed by atoms with E-state index < -0.39 is 6.10 Å². The molecule has 4 aromatic rings. The molecule has 1 atom stereocenters. The molecule has 1 N–H and O–H groups in total. The number of fused-ring (bicyclic) bond motifs is 4. The molecule has 0 bridgehead atoms. The van der Waals surface area contributed by atoms with E-state index in [-0.39, 0.29) is 5.76 Å². The number of hydrogen-bond acceptors (Lipinski definition) is 5. The molecule has 0 saturated heterocycles. The van der Waals surface area contributed by atoms with Gasteiger partial charge in [-0.1, -0.05) is 18.7 Å². The fourth-order valence-electron chi connectivity index (χ4n) is 4.85. The summed E-state index contributed by atoms with van der Waals surface area (Å²) < 4.78 is 7.90. The quantitative estimate of drug-likeness (QED) is 0.381. The average molecular weight is 434 g/mol. The second kappa shape index (κ2) is 7.77. The van der Waals surface area contributed by atoms with Crippen LogP contribution in [0.5, 0.6) is 0 Å². The minimum atomic E-state index is -0.613. The van der Waals surface area contributed by atoms with Gasteiger partial charge in [0.05, 0.1) is 11.7 Å². The van der Waals surface area contributed by atoms with Crippen LogP contribution < -0.4 is 0 Å². The third-order valence-corrected chi connectivity index (χ3v) is 7.45. The molecule has 1 aliphatic carbocycles. The number of pyridine rings is 1. The summed E-state index contributed by atoms with van der Waals surface area (Å²) in [5.74, 6) is 0.0121. The van der Waals surface area contributed by atoms with E-state index in [0.29, 0.717) is 6.61 Å². The Morgan fingerprint density at radius 1 is 1.32 bits per heavy atom. The highest BCUT2D eigenvalue weighted by atomic mass is 32.1. The lowest BCUT2D eigenvalue weighted by molar-refractivity contribution is 0.0580. The van der Waals surface area contributed by atoms with Crippen LogP contribution in [-0.2, 0) is 24.6 Å². The Labute approximate surface area is 186 Å². The molecule has 0 aliphatic heterocycles. The molecule has 5 nitrogen and oxygen atoms in total. The van der Waals surface area contributed by atoms with Crippen molar-refractivity contribution in [1.82, 2.24) is 14.8 Å². The molecule has 3 aromatic heterocycles. The van der Waals surface area contributed by atoms with Crippen LogP contribution in [0.25, 0.3) is 32.2 Å². The van der Waals surface area contributed by atoms with Crippen molar-refractivity contribution in [2.45, 2.75) is 45.6 Å². The number of aliphatic hydroxyl groups is 1. The van der Waals surface area contributed by atoms with Crippen LogP contribution in [0.3, 0.4) is 0 Å². The van der Waals surface area contributed by atoms with Crippen molar-refractivity contribution in [3.8, 4) is 11.1 Å². The standard InChI is InChI=1S/C25H27N3O2S/c1-5-30-24(15(3)29)21-14(2)27-25-23(18-8-6-7-9-20(18)31-25)22(21)16-10-11-17-13-26-28(4)19(17)12-16/h10-13,24,29H,3,5-9H2,1-2,4H3. The van der Waals surface area contributed by atoms with Crippen molar-refractivity contribution in [3.63, 3.8) is 0 Å². The van der Waals surface area contributed by atoms with Gasteiger partial charge in [-0.25, -0.2) is 4.98 Å². The van der Waals surface area contributed by atoms with E-state index in [0.717, 1.165) is 51.0 Å². The summed E-state index contributed by atoms with van der Waals surface area (Å²) >= 11 is 1.82. The summed E-state index contributed by atoms with van der Waals surface area (Å²) in [5.41, 5.74) is 6.48. The zero-order valence-corrected chi connectivity index (χ0v) is 19.1. The minimum absolute atomic E-state index is 0.0121. The number of thiophene rings is 1. The monoisotopic (exact) mass is 433 g/mol. The first-order valence-electron chi connectivity index (χ1n) is 10.9. The first-order valence-corrected chi connectivity index (χ1v) is 11.7. The maximum atomic E-state index is 10.5. The number of hydrogen-bond donors (Lipinski definition) is 1. The van der Waals surface area contributed by atoms with Crippen molar-refractivity contribution < 1.29 is 9.84 Å². The van der Waals surface area contributed by atoms with Gasteiger partial charge in [0.1, 0.15) is 16.7 Å². The topological polar surface area (TPSA) is 60.2 Å². The second-order valence-electron chi connectivity index (χ2n) is 8.25. The van der Waals surface area contributed by atoms with Crippen LogP contribution in [0.1, 0.15) is 47.6 Å². The van der Waals surface area contributed by atoms with E-state index in [1.54, 1.807) is 0 Å². The maximum absolute atomic E-state index is 10.5. The second-order valence-corrected chi connectivity index (χ2v) is 9.33. The molecule has 5 rings (SSSR count). The molecule has 6 heteroatoms. The van der Waals surface area contributed by atoms with Gasteiger partial charge in [-0.05, 0) is 56.7 Å². The summed E-state index contributed by atoms with van der Waals surface area (Å²) in [6, 6.07) is 6.46. The number of aryl methyl sites for hydroxylation is 4. The van der Waals surface area contributed by atoms with Gasteiger partial charge in [0.15, 0.2) is 0 Å². The predicted octanol–water partition coefficient (Wildman–Crippen LogP) is 6.19. The Bertz CT molecular complexity index is 1320. The van der Waals surface area contributed by atoms with Crippen LogP contribution in [0.2, 0.25) is 0 Å². The lowest BCUT2D eigenvalue weighted by atomic mass is 9.87. The summed E-state index contributed by atoms with van der Waals surface area (Å²) in [5, 5.41) is 17.2. The third kappa shape index (κ3) is 3.25. The van der Waals surface area contributed by atoms with E-state index in [4.69, 9.17) is 9.72 Å². The van der Waals surface area contributed by atoms with Crippen LogP contribution >= 0.6 is 11.3 Å². The molecule has 0 saturated carbocycles. The summed E-state index contributed by atoms with van der Waals surface area (Å²) in [4.78, 5) is 7.52. The van der Waals surface area contributed by atoms with Gasteiger partial charge in [0.2, 0.25) is 0 Å². The number of ether oxygens (including phenoxy) is 1. The van der Waals surface area contributed by atoms with Gasteiger partial charge < -0.3 is 9.84 Å². The van der Waals surface area contributed by atoms with Crippen LogP contribution in [0.15, 0.2) is 36.7 Å². The Morgan fingerprint density at radius 2 is 2.13 bits per heavy atom. The highest BCUT2D eigenvalue weighted by Gasteiger charge is 2.29. The average Bonchev–Trinajstić information content (AvgIpc) is 3.31. The fraction of sp³-hybridized carbons (Fsp3) is 0.360. The van der Waals surface area contributed by atoms with Gasteiger partial charge in [0.25, 0.3) is 0 Å². The molecule has 1 aliphatic rings. The summed E-state index contributed by atoms with van der Waals surface area (Å²) in [6.07, 6.45) is 5.89. The molecule has 1 aromatic carbocycles. The van der Waals surface area contributed by atoms with Gasteiger partial charge in [-0.2, -0.15) is 5.10 Å². The van der Waals surface area contributed by atoms with E-state index >= 15 is 0 Å². The Morgan fingerprint density at radius 3 is 2.90 bits per heavy atom. The minimum Gasteiger partial charge on any atom is -0.510 e. The van der Waals surface area contributed by atoms with E-state index in [1.165, 1.54) is 28.7 Å². The normalized spacial score (nSPS) is 14.8. The Kier molecular flexibility index (Phi) is 5.07. The van der Waals surface area contributed by atoms with E-state index in [1.807, 2.05) is 43.1 Å². The lowest BCUT2D eigenvalue weighted by Gasteiger charge is -2.23. The van der Waals surface area contributed by atoms with Crippen LogP contribution in [0.4, 0.5) is 0 Å². The Hall–Kier alpha value is -2.70. The zero-order chi connectivity index (χ0) is 21.7. The third-order valence-electron chi connectivity index (χ3n) is 6.27. The molecule has 0 fully saturated rings. The summed E-state index contributed by atoms with van der Waals surface area (Å²) in [6.45, 7) is 8.25. The predicted molar refractivity (Wildman–Crippen MR) is 127 cm³/mol. The van der Waals surface area contributed by atoms with Crippen LogP contribution in [0, 0.1) is 6.92 Å². The van der Waals surface area contributed by atoms with Gasteiger partial charge >= 0.3 is 0 Å². The Balaban J connectivity index is 1.90. The first kappa shape index (κ1) is 20.2. The zero-order valence-electron chi connectivity index (χ0n) is 18.2. The SMILES string of the molecule is C=C(O)C(OCC)c1c(C)nc2sc3c(c2c1-c1ccc2cnn(C)c2c1)CCCC3. The first-order chi connectivity index (χ1) is 15.0. The molecular formula is C25H27N3O2S.